The Morgan fingerprint density at radius 3 is 2.00 bits per heavy atom. The molecule has 0 heterocycles. The van der Waals surface area contributed by atoms with Gasteiger partial charge in [0.25, 0.3) is 5.97 Å². The first kappa shape index (κ1) is 13.4. The summed E-state index contributed by atoms with van der Waals surface area (Å²) in [6, 6.07) is 8.76. The maximum atomic E-state index is 10.7. The van der Waals surface area contributed by atoms with Gasteiger partial charge in [-0.25, -0.2) is 8.42 Å². The Morgan fingerprint density at radius 1 is 1.27 bits per heavy atom. The maximum absolute atomic E-state index is 10.7. The van der Waals surface area contributed by atoms with Gasteiger partial charge in [0.2, 0.25) is 10.0 Å². The highest BCUT2D eigenvalue weighted by Crippen LogP contribution is 2.05. The molecular weight excluding hydrogens is 218 g/mol. The largest absolute Gasteiger partial charge is 0.481 e. The van der Waals surface area contributed by atoms with Crippen LogP contribution in [0.1, 0.15) is 6.92 Å². The Labute approximate surface area is 88.8 Å². The van der Waals surface area contributed by atoms with Gasteiger partial charge in [-0.3, -0.25) is 9.52 Å². The monoisotopic (exact) mass is 231 g/mol. The molecular formula is C9H13NO4S. The van der Waals surface area contributed by atoms with Gasteiger partial charge in [-0.05, 0) is 12.1 Å². The summed E-state index contributed by atoms with van der Waals surface area (Å²) in [6.45, 7) is 1.08. The number of aliphatic carboxylic acids is 1. The summed E-state index contributed by atoms with van der Waals surface area (Å²) in [4.78, 5) is 9.00. The van der Waals surface area contributed by atoms with Gasteiger partial charge < -0.3 is 5.11 Å². The summed E-state index contributed by atoms with van der Waals surface area (Å²) in [5, 5.41) is 7.42. The van der Waals surface area contributed by atoms with Crippen molar-refractivity contribution in [2.24, 2.45) is 0 Å². The molecule has 1 rings (SSSR count). The second kappa shape index (κ2) is 6.02. The first-order valence-electron chi connectivity index (χ1n) is 4.03. The molecule has 15 heavy (non-hydrogen) atoms. The molecule has 1 aromatic carbocycles. The van der Waals surface area contributed by atoms with E-state index in [0.717, 1.165) is 13.2 Å². The van der Waals surface area contributed by atoms with E-state index in [1.165, 1.54) is 0 Å². The first-order valence-corrected chi connectivity index (χ1v) is 5.93. The molecule has 0 aliphatic rings. The zero-order chi connectivity index (χ0) is 11.9. The normalized spacial score (nSPS) is 9.73. The van der Waals surface area contributed by atoms with Crippen molar-refractivity contribution in [1.82, 2.24) is 0 Å². The molecule has 0 amide bonds. The Hall–Kier alpha value is -1.56. The van der Waals surface area contributed by atoms with Crippen molar-refractivity contribution in [2.45, 2.75) is 6.92 Å². The molecule has 0 saturated carbocycles. The van der Waals surface area contributed by atoms with E-state index in [4.69, 9.17) is 9.90 Å². The topological polar surface area (TPSA) is 83.5 Å². The van der Waals surface area contributed by atoms with Gasteiger partial charge >= 0.3 is 0 Å². The fourth-order valence-electron chi connectivity index (χ4n) is 0.720. The van der Waals surface area contributed by atoms with E-state index in [1.54, 1.807) is 24.3 Å². The average molecular weight is 231 g/mol. The van der Waals surface area contributed by atoms with Crippen LogP contribution in [0.15, 0.2) is 30.3 Å². The predicted molar refractivity (Wildman–Crippen MR) is 58.2 cm³/mol. The number of sulfonamides is 1. The van der Waals surface area contributed by atoms with E-state index in [2.05, 4.69) is 4.72 Å². The van der Waals surface area contributed by atoms with E-state index in [0.29, 0.717) is 5.69 Å². The number of nitrogens with one attached hydrogen (secondary N) is 1. The number of para-hydroxylation sites is 1. The van der Waals surface area contributed by atoms with Gasteiger partial charge in [-0.1, -0.05) is 18.2 Å². The van der Waals surface area contributed by atoms with Crippen molar-refractivity contribution in [3.8, 4) is 0 Å². The van der Waals surface area contributed by atoms with Crippen LogP contribution in [0.5, 0.6) is 0 Å². The third-order valence-corrected chi connectivity index (χ3v) is 1.68. The number of hydrogen-bond acceptors (Lipinski definition) is 3. The van der Waals surface area contributed by atoms with Crippen molar-refractivity contribution >= 4 is 21.7 Å². The van der Waals surface area contributed by atoms with Crippen molar-refractivity contribution in [1.29, 1.82) is 0 Å². The average Bonchev–Trinajstić information content (AvgIpc) is 2.01. The van der Waals surface area contributed by atoms with Crippen LogP contribution in [0, 0.1) is 0 Å². The lowest BCUT2D eigenvalue weighted by Crippen LogP contribution is -2.08. The van der Waals surface area contributed by atoms with Gasteiger partial charge in [0.05, 0.1) is 6.26 Å². The molecule has 0 aliphatic carbocycles. The number of carboxylic acids is 1. The van der Waals surface area contributed by atoms with E-state index < -0.39 is 16.0 Å². The molecule has 2 N–H and O–H groups in total. The molecule has 0 radical (unpaired) electrons. The number of carbonyl (C=O) groups is 1. The highest BCUT2D eigenvalue weighted by molar-refractivity contribution is 7.92. The smallest absolute Gasteiger partial charge is 0.300 e. The minimum Gasteiger partial charge on any atom is -0.481 e. The number of rotatable bonds is 2. The van der Waals surface area contributed by atoms with E-state index in [9.17, 15) is 8.42 Å². The predicted octanol–water partition coefficient (Wildman–Crippen LogP) is 1.15. The van der Waals surface area contributed by atoms with E-state index in [1.807, 2.05) is 6.07 Å². The number of benzene rings is 1. The second-order valence-corrected chi connectivity index (χ2v) is 4.51. The Morgan fingerprint density at radius 2 is 1.67 bits per heavy atom. The summed E-state index contributed by atoms with van der Waals surface area (Å²) in [6.07, 6.45) is 1.12. The van der Waals surface area contributed by atoms with Crippen LogP contribution in [0.3, 0.4) is 0 Å². The Bertz CT molecular complexity index is 395. The molecule has 5 nitrogen and oxygen atoms in total. The molecule has 0 aromatic heterocycles. The lowest BCUT2D eigenvalue weighted by atomic mass is 10.3. The zero-order valence-corrected chi connectivity index (χ0v) is 9.28. The minimum absolute atomic E-state index is 0.593. The highest BCUT2D eigenvalue weighted by atomic mass is 32.2. The molecule has 0 spiro atoms. The molecule has 1 aromatic rings. The van der Waals surface area contributed by atoms with Gasteiger partial charge in [0.1, 0.15) is 0 Å². The fourth-order valence-corrected chi connectivity index (χ4v) is 1.28. The summed E-state index contributed by atoms with van der Waals surface area (Å²) in [7, 11) is -3.13. The van der Waals surface area contributed by atoms with Crippen LogP contribution >= 0.6 is 0 Å². The fraction of sp³-hybridized carbons (Fsp3) is 0.222. The maximum Gasteiger partial charge on any atom is 0.300 e. The van der Waals surface area contributed by atoms with Crippen molar-refractivity contribution < 1.29 is 18.3 Å². The Balaban J connectivity index is 0.000000423. The molecule has 6 heteroatoms. The highest BCUT2D eigenvalue weighted by Gasteiger charge is 1.98. The Kier molecular flexibility index (Phi) is 5.40. The lowest BCUT2D eigenvalue weighted by molar-refractivity contribution is -0.134. The second-order valence-electron chi connectivity index (χ2n) is 2.76. The summed E-state index contributed by atoms with van der Waals surface area (Å²) < 4.78 is 23.7. The van der Waals surface area contributed by atoms with Crippen LogP contribution in [-0.2, 0) is 14.8 Å². The molecule has 0 atom stereocenters. The molecule has 0 bridgehead atoms. The minimum atomic E-state index is -3.13. The van der Waals surface area contributed by atoms with E-state index >= 15 is 0 Å². The third-order valence-electron chi connectivity index (χ3n) is 1.08. The number of anilines is 1. The zero-order valence-electron chi connectivity index (χ0n) is 8.47. The van der Waals surface area contributed by atoms with Crippen LogP contribution < -0.4 is 4.72 Å². The summed E-state index contributed by atoms with van der Waals surface area (Å²) in [5.41, 5.74) is 0.593. The van der Waals surface area contributed by atoms with Gasteiger partial charge in [0.15, 0.2) is 0 Å². The van der Waals surface area contributed by atoms with Crippen molar-refractivity contribution in [2.75, 3.05) is 11.0 Å². The number of hydrogen-bond donors (Lipinski definition) is 2. The summed E-state index contributed by atoms with van der Waals surface area (Å²) >= 11 is 0. The lowest BCUT2D eigenvalue weighted by Gasteiger charge is -2.00. The van der Waals surface area contributed by atoms with E-state index in [-0.39, 0.29) is 0 Å². The molecule has 0 saturated heterocycles. The van der Waals surface area contributed by atoms with Crippen LogP contribution in [0.4, 0.5) is 5.69 Å². The van der Waals surface area contributed by atoms with Gasteiger partial charge in [0, 0.05) is 12.6 Å². The van der Waals surface area contributed by atoms with Crippen molar-refractivity contribution in [3.05, 3.63) is 30.3 Å². The third kappa shape index (κ3) is 10.4. The molecule has 0 unspecified atom stereocenters. The molecule has 0 aliphatic heterocycles. The standard InChI is InChI=1S/C7H9NO2S.C2H4O2/c1-11(9,10)8-7-5-3-2-4-6-7;1-2(3)4/h2-6,8H,1H3;1H3,(H,3,4). The SMILES string of the molecule is CC(=O)O.CS(=O)(=O)Nc1ccccc1. The van der Waals surface area contributed by atoms with Crippen LogP contribution in [0.25, 0.3) is 0 Å². The molecule has 84 valence electrons. The van der Waals surface area contributed by atoms with Crippen molar-refractivity contribution in [3.63, 3.8) is 0 Å². The van der Waals surface area contributed by atoms with Crippen LogP contribution in [0.2, 0.25) is 0 Å². The first-order chi connectivity index (χ1) is 6.81. The van der Waals surface area contributed by atoms with Crippen LogP contribution in [-0.4, -0.2) is 25.7 Å². The number of carboxylic acid groups (broad SMARTS) is 1. The van der Waals surface area contributed by atoms with Gasteiger partial charge in [-0.2, -0.15) is 0 Å². The summed E-state index contributed by atoms with van der Waals surface area (Å²) in [5.74, 6) is -0.833. The quantitative estimate of drug-likeness (QED) is 0.799. The van der Waals surface area contributed by atoms with Gasteiger partial charge in [-0.15, -0.1) is 0 Å². The molecule has 0 fully saturated rings.